The van der Waals surface area contributed by atoms with Gasteiger partial charge in [-0.25, -0.2) is 9.97 Å². The summed E-state index contributed by atoms with van der Waals surface area (Å²) in [6.45, 7) is 20.2. The van der Waals surface area contributed by atoms with E-state index in [1.165, 1.54) is 42.6 Å². The van der Waals surface area contributed by atoms with Gasteiger partial charge in [0.15, 0.2) is 0 Å². The summed E-state index contributed by atoms with van der Waals surface area (Å²) in [5, 5.41) is 11.5. The summed E-state index contributed by atoms with van der Waals surface area (Å²) in [6.07, 6.45) is 8.09. The van der Waals surface area contributed by atoms with E-state index in [1.54, 1.807) is 0 Å². The van der Waals surface area contributed by atoms with Gasteiger partial charge in [-0.15, -0.1) is 0 Å². The Morgan fingerprint density at radius 3 is 0.805 bits per heavy atom. The summed E-state index contributed by atoms with van der Waals surface area (Å²) >= 11 is 0. The second-order valence-electron chi connectivity index (χ2n) is 12.9. The molecule has 5 heteroatoms. The van der Waals surface area contributed by atoms with Gasteiger partial charge in [-0.2, -0.15) is 0 Å². The van der Waals surface area contributed by atoms with Gasteiger partial charge in [0.1, 0.15) is 0 Å². The van der Waals surface area contributed by atoms with Crippen molar-refractivity contribution in [3.05, 3.63) is 71.3 Å². The maximum absolute atomic E-state index is 4.63. The Balaban J connectivity index is 0.000000204. The number of H-pyrrole nitrogens is 2. The van der Waals surface area contributed by atoms with Crippen molar-refractivity contribution in [2.75, 3.05) is 0 Å². The van der Waals surface area contributed by atoms with Gasteiger partial charge < -0.3 is 9.97 Å². The minimum absolute atomic E-state index is 0.939. The van der Waals surface area contributed by atoms with E-state index < -0.39 is 8.62 Å². The normalized spacial score (nSPS) is 16.6. The molecular formula is C36H54FeN4. The molecule has 0 aliphatic carbocycles. The Hall–Kier alpha value is -2.88. The standard InChI is InChI=1S/C20H14N4.8C2H5.Fe/c1-2-14-10-16-5-6-18(23-16)12-20-8-7-19(24-20)11-17-4-3-15(22-17)9-13(1)21-14;8*1-2;/h1-12,21,24H;8*1H2,2H3;. The zero-order chi connectivity index (χ0) is 29.9. The van der Waals surface area contributed by atoms with Crippen molar-refractivity contribution in [3.8, 4) is 0 Å². The molecule has 3 aromatic rings. The SMILES string of the molecule is C1=Cc2cc3ccc(cc4nc(cc5ccc(cc1n2)[nH]5)C=C4)[nH]3.C[CH2][Fe]([CH2]C)([CH2]C)([CH2]C)([CH2]C)([CH2]C)([CH2]C)[CH2]C. The average molecular weight is 599 g/mol. The van der Waals surface area contributed by atoms with Gasteiger partial charge in [-0.05, 0) is 72.8 Å². The molecule has 0 aromatic carbocycles. The number of nitrogens with one attached hydrogen (secondary N) is 2. The molecule has 8 bridgehead atoms. The van der Waals surface area contributed by atoms with Crippen molar-refractivity contribution >= 4 is 46.4 Å². The molecule has 0 radical (unpaired) electrons. The molecule has 0 unspecified atom stereocenters. The third kappa shape index (κ3) is 4.14. The first-order valence-corrected chi connectivity index (χ1v) is 21.7. The number of aromatic nitrogens is 4. The summed E-state index contributed by atoms with van der Waals surface area (Å²) in [5.41, 5.74) is 7.86. The molecule has 2 aliphatic rings. The second-order valence-corrected chi connectivity index (χ2v) is 34.6. The summed E-state index contributed by atoms with van der Waals surface area (Å²) in [6, 6.07) is 16.4. The third-order valence-corrected chi connectivity index (χ3v) is 44.9. The number of aromatic amines is 2. The molecule has 4 nitrogen and oxygen atoms in total. The van der Waals surface area contributed by atoms with Crippen molar-refractivity contribution < 1.29 is 8.62 Å². The van der Waals surface area contributed by atoms with Gasteiger partial charge in [0.25, 0.3) is 0 Å². The molecule has 0 spiro atoms. The van der Waals surface area contributed by atoms with Crippen LogP contribution in [0.3, 0.4) is 0 Å². The van der Waals surface area contributed by atoms with E-state index in [9.17, 15) is 0 Å². The molecule has 0 amide bonds. The van der Waals surface area contributed by atoms with Crippen molar-refractivity contribution in [1.82, 2.24) is 19.9 Å². The van der Waals surface area contributed by atoms with Crippen LogP contribution in [0.25, 0.3) is 46.4 Å². The predicted octanol–water partition coefficient (Wildman–Crippen LogP) is 12.4. The zero-order valence-electron chi connectivity index (χ0n) is 26.8. The third-order valence-electron chi connectivity index (χ3n) is 13.9. The van der Waals surface area contributed by atoms with Crippen LogP contribution < -0.4 is 0 Å². The molecule has 0 saturated carbocycles. The first-order chi connectivity index (χ1) is 19.5. The van der Waals surface area contributed by atoms with Gasteiger partial charge in [0.2, 0.25) is 0 Å². The van der Waals surface area contributed by atoms with Gasteiger partial charge in [-0.1, -0.05) is 0 Å². The molecule has 5 rings (SSSR count). The fourth-order valence-electron chi connectivity index (χ4n) is 7.89. The van der Waals surface area contributed by atoms with Crippen LogP contribution in [-0.4, -0.2) is 19.9 Å². The van der Waals surface area contributed by atoms with E-state index in [0.29, 0.717) is 0 Å². The Bertz CT molecular complexity index is 1430. The van der Waals surface area contributed by atoms with Crippen molar-refractivity contribution in [2.45, 2.75) is 97.9 Å². The van der Waals surface area contributed by atoms with Crippen LogP contribution in [0.15, 0.2) is 48.5 Å². The van der Waals surface area contributed by atoms with E-state index >= 15 is 0 Å². The predicted molar refractivity (Wildman–Crippen MR) is 183 cm³/mol. The monoisotopic (exact) mass is 598 g/mol. The Morgan fingerprint density at radius 2 is 0.634 bits per heavy atom. The number of rotatable bonds is 8. The van der Waals surface area contributed by atoms with Gasteiger partial charge in [-0.3, -0.25) is 0 Å². The quantitative estimate of drug-likeness (QED) is 0.175. The summed E-state index contributed by atoms with van der Waals surface area (Å²) in [5.74, 6) is 0. The van der Waals surface area contributed by atoms with Crippen molar-refractivity contribution in [1.29, 1.82) is 0 Å². The van der Waals surface area contributed by atoms with Crippen LogP contribution in [-0.2, 0) is 8.62 Å². The van der Waals surface area contributed by atoms with E-state index in [4.69, 9.17) is 0 Å². The van der Waals surface area contributed by atoms with Crippen molar-refractivity contribution in [3.63, 3.8) is 0 Å². The van der Waals surface area contributed by atoms with E-state index in [-0.39, 0.29) is 0 Å². The van der Waals surface area contributed by atoms with Crippen LogP contribution in [0.5, 0.6) is 0 Å². The van der Waals surface area contributed by atoms with Gasteiger partial charge in [0, 0.05) is 22.1 Å². The van der Waals surface area contributed by atoms with Gasteiger partial charge in [0.05, 0.1) is 22.8 Å². The van der Waals surface area contributed by atoms with E-state index in [1.807, 2.05) is 48.6 Å². The number of nitrogens with zero attached hydrogens (tertiary/aromatic N) is 2. The molecule has 0 atom stereocenters. The van der Waals surface area contributed by atoms with Gasteiger partial charge >= 0.3 is 107 Å². The number of hydrogen-bond acceptors (Lipinski definition) is 2. The molecule has 3 aromatic heterocycles. The molecule has 2 N–H and O–H groups in total. The van der Waals surface area contributed by atoms with Crippen LogP contribution in [0.4, 0.5) is 0 Å². The summed E-state index contributed by atoms with van der Waals surface area (Å²) < 4.78 is 0. The fourth-order valence-corrected chi connectivity index (χ4v) is 23.4. The molecule has 0 saturated heterocycles. The summed E-state index contributed by atoms with van der Waals surface area (Å²) in [7, 11) is -3.32. The van der Waals surface area contributed by atoms with Crippen molar-refractivity contribution in [2.24, 2.45) is 0 Å². The second kappa shape index (κ2) is 9.06. The minimum atomic E-state index is -3.32. The fraction of sp³-hybridized carbons (Fsp3) is 0.444. The Morgan fingerprint density at radius 1 is 0.415 bits per heavy atom. The van der Waals surface area contributed by atoms with Crippen LogP contribution >= 0.6 is 0 Å². The first-order valence-electron chi connectivity index (χ1n) is 15.5. The van der Waals surface area contributed by atoms with Crippen LogP contribution in [0.2, 0.25) is 42.6 Å². The van der Waals surface area contributed by atoms with E-state index in [2.05, 4.69) is 99.6 Å². The Kier molecular flexibility index (Phi) is 6.86. The average Bonchev–Trinajstić information content (AvgIpc) is 3.85. The molecular weight excluding hydrogens is 544 g/mol. The molecule has 0 fully saturated rings. The number of fused-ring (bicyclic) bond motifs is 8. The van der Waals surface area contributed by atoms with Crippen LogP contribution in [0.1, 0.15) is 78.2 Å². The molecule has 41 heavy (non-hydrogen) atoms. The van der Waals surface area contributed by atoms with E-state index in [0.717, 1.165) is 44.8 Å². The number of hydrogen-bond donors (Lipinski definition) is 2. The Labute approximate surface area is 243 Å². The topological polar surface area (TPSA) is 57.4 Å². The van der Waals surface area contributed by atoms with Crippen LogP contribution in [0, 0.1) is 0 Å². The summed E-state index contributed by atoms with van der Waals surface area (Å²) in [4.78, 5) is 16.0. The zero-order valence-corrected chi connectivity index (χ0v) is 27.9. The molecule has 226 valence electrons. The molecule has 5 heterocycles. The first kappa shape index (κ1) is 31.1. The maximum atomic E-state index is 4.63. The molecule has 2 aliphatic heterocycles.